The van der Waals surface area contributed by atoms with Crippen molar-refractivity contribution in [3.8, 4) is 0 Å². The Hall–Kier alpha value is -2.19. The van der Waals surface area contributed by atoms with E-state index in [1.165, 1.54) is 16.8 Å². The molecule has 7 nitrogen and oxygen atoms in total. The quantitative estimate of drug-likeness (QED) is 0.870. The van der Waals surface area contributed by atoms with Gasteiger partial charge in [-0.05, 0) is 49.9 Å². The normalized spacial score (nSPS) is 18.9. The summed E-state index contributed by atoms with van der Waals surface area (Å²) in [5.74, 6) is -0.513. The lowest BCUT2D eigenvalue weighted by Gasteiger charge is -2.30. The number of carbonyl (C=O) groups excluding carboxylic acids is 1. The number of aromatic nitrogens is 2. The van der Waals surface area contributed by atoms with Crippen molar-refractivity contribution in [3.63, 3.8) is 0 Å². The van der Waals surface area contributed by atoms with Crippen LogP contribution in [-0.4, -0.2) is 41.7 Å². The van der Waals surface area contributed by atoms with E-state index >= 15 is 0 Å². The Labute approximate surface area is 147 Å². The molecule has 1 aromatic carbocycles. The zero-order valence-electron chi connectivity index (χ0n) is 14.3. The number of aryl methyl sites for hydroxylation is 2. The highest BCUT2D eigenvalue weighted by Gasteiger charge is 2.34. The summed E-state index contributed by atoms with van der Waals surface area (Å²) in [5, 5.41) is 2.96. The first-order valence-corrected chi connectivity index (χ1v) is 9.68. The molecule has 2 heterocycles. The number of carbonyl (C=O) groups is 1. The number of sulfonamides is 1. The maximum absolute atomic E-state index is 12.6. The number of anilines is 1. The number of H-pyrrole nitrogens is 1. The van der Waals surface area contributed by atoms with Gasteiger partial charge in [0.25, 0.3) is 10.0 Å². The van der Waals surface area contributed by atoms with E-state index in [2.05, 4.69) is 15.3 Å². The molecule has 1 aliphatic rings. The second kappa shape index (κ2) is 6.97. The third-order valence-corrected chi connectivity index (χ3v) is 6.41. The third-order valence-electron chi connectivity index (χ3n) is 4.62. The second-order valence-corrected chi connectivity index (χ2v) is 8.31. The maximum atomic E-state index is 12.6. The van der Waals surface area contributed by atoms with Gasteiger partial charge in [0, 0.05) is 18.8 Å². The first kappa shape index (κ1) is 17.6. The average molecular weight is 362 g/mol. The van der Waals surface area contributed by atoms with Crippen LogP contribution >= 0.6 is 0 Å². The van der Waals surface area contributed by atoms with Crippen molar-refractivity contribution < 1.29 is 13.2 Å². The summed E-state index contributed by atoms with van der Waals surface area (Å²) in [5.41, 5.74) is 3.00. The van der Waals surface area contributed by atoms with Crippen molar-refractivity contribution in [2.75, 3.05) is 18.4 Å². The monoisotopic (exact) mass is 362 g/mol. The topological polar surface area (TPSA) is 95.2 Å². The molecule has 1 amide bonds. The molecule has 0 aliphatic carbocycles. The zero-order chi connectivity index (χ0) is 18.0. The lowest BCUT2D eigenvalue weighted by Crippen LogP contribution is -2.43. The Kier molecular flexibility index (Phi) is 4.91. The minimum atomic E-state index is -3.64. The first-order valence-electron chi connectivity index (χ1n) is 8.24. The molecule has 1 aliphatic heterocycles. The van der Waals surface area contributed by atoms with Crippen LogP contribution in [-0.2, 0) is 14.8 Å². The highest BCUT2D eigenvalue weighted by molar-refractivity contribution is 7.89. The largest absolute Gasteiger partial charge is 0.335 e. The summed E-state index contributed by atoms with van der Waals surface area (Å²) in [6.07, 6.45) is 3.94. The van der Waals surface area contributed by atoms with Gasteiger partial charge in [0.15, 0.2) is 5.03 Å². The summed E-state index contributed by atoms with van der Waals surface area (Å²) < 4.78 is 26.5. The van der Waals surface area contributed by atoms with Gasteiger partial charge in [0.2, 0.25) is 5.91 Å². The van der Waals surface area contributed by atoms with E-state index in [0.29, 0.717) is 19.4 Å². The molecule has 0 unspecified atom stereocenters. The van der Waals surface area contributed by atoms with Gasteiger partial charge in [0.05, 0.1) is 18.4 Å². The van der Waals surface area contributed by atoms with Crippen molar-refractivity contribution in [2.24, 2.45) is 5.92 Å². The van der Waals surface area contributed by atoms with Gasteiger partial charge in [-0.25, -0.2) is 13.4 Å². The van der Waals surface area contributed by atoms with Crippen LogP contribution in [0.4, 0.5) is 5.69 Å². The molecule has 2 N–H and O–H groups in total. The van der Waals surface area contributed by atoms with Crippen LogP contribution in [0.25, 0.3) is 0 Å². The molecular formula is C17H22N4O3S. The fraction of sp³-hybridized carbons (Fsp3) is 0.412. The number of amides is 1. The Morgan fingerprint density at radius 1 is 1.32 bits per heavy atom. The van der Waals surface area contributed by atoms with E-state index in [1.807, 2.05) is 32.0 Å². The van der Waals surface area contributed by atoms with Crippen molar-refractivity contribution in [1.29, 1.82) is 0 Å². The van der Waals surface area contributed by atoms with Gasteiger partial charge in [-0.3, -0.25) is 4.79 Å². The van der Waals surface area contributed by atoms with Gasteiger partial charge in [-0.1, -0.05) is 6.07 Å². The lowest BCUT2D eigenvalue weighted by atomic mass is 9.98. The van der Waals surface area contributed by atoms with E-state index in [9.17, 15) is 13.2 Å². The van der Waals surface area contributed by atoms with Crippen molar-refractivity contribution in [3.05, 3.63) is 41.9 Å². The zero-order valence-corrected chi connectivity index (χ0v) is 15.1. The summed E-state index contributed by atoms with van der Waals surface area (Å²) in [4.78, 5) is 19.0. The predicted molar refractivity (Wildman–Crippen MR) is 94.6 cm³/mol. The molecule has 0 saturated carbocycles. The van der Waals surface area contributed by atoms with Crippen LogP contribution in [0.2, 0.25) is 0 Å². The maximum Gasteiger partial charge on any atom is 0.260 e. The molecule has 1 fully saturated rings. The van der Waals surface area contributed by atoms with E-state index in [0.717, 1.165) is 16.8 Å². The number of imidazole rings is 1. The van der Waals surface area contributed by atoms with Crippen LogP contribution in [0.1, 0.15) is 24.0 Å². The Balaban J connectivity index is 1.70. The standard InChI is InChI=1S/C17H22N4O3S/c1-12-5-6-15(8-13(12)2)20-17(22)14-4-3-7-21(10-14)25(23,24)16-9-18-11-19-16/h5-6,8-9,11,14H,3-4,7,10H2,1-2H3,(H,18,19)(H,20,22)/t14-/m0/s1. The number of nitrogens with zero attached hydrogens (tertiary/aromatic N) is 2. The number of nitrogens with one attached hydrogen (secondary N) is 2. The van der Waals surface area contributed by atoms with Gasteiger partial charge in [-0.15, -0.1) is 0 Å². The first-order chi connectivity index (χ1) is 11.9. The number of piperidine rings is 1. The molecule has 2 aromatic rings. The fourth-order valence-electron chi connectivity index (χ4n) is 2.96. The van der Waals surface area contributed by atoms with Gasteiger partial charge < -0.3 is 10.3 Å². The Morgan fingerprint density at radius 2 is 2.12 bits per heavy atom. The smallest absolute Gasteiger partial charge is 0.260 e. The predicted octanol–water partition coefficient (Wildman–Crippen LogP) is 2.07. The van der Waals surface area contributed by atoms with Crippen molar-refractivity contribution >= 4 is 21.6 Å². The molecule has 1 atom stereocenters. The lowest BCUT2D eigenvalue weighted by molar-refractivity contribution is -0.120. The molecule has 8 heteroatoms. The molecule has 134 valence electrons. The third kappa shape index (κ3) is 3.74. The summed E-state index contributed by atoms with van der Waals surface area (Å²) in [7, 11) is -3.64. The Bertz CT molecular complexity index is 862. The SMILES string of the molecule is Cc1ccc(NC(=O)[C@H]2CCCN(S(=O)(=O)c3cnc[nH]3)C2)cc1C. The average Bonchev–Trinajstić information content (AvgIpc) is 3.14. The number of rotatable bonds is 4. The van der Waals surface area contributed by atoms with Crippen LogP contribution in [0, 0.1) is 19.8 Å². The van der Waals surface area contributed by atoms with Crippen molar-refractivity contribution in [1.82, 2.24) is 14.3 Å². The minimum absolute atomic E-state index is 0.0581. The Morgan fingerprint density at radius 3 is 2.80 bits per heavy atom. The van der Waals surface area contributed by atoms with Gasteiger partial charge >= 0.3 is 0 Å². The fourth-order valence-corrected chi connectivity index (χ4v) is 4.38. The number of hydrogen-bond acceptors (Lipinski definition) is 4. The van der Waals surface area contributed by atoms with Crippen LogP contribution in [0.5, 0.6) is 0 Å². The number of benzene rings is 1. The second-order valence-electron chi connectivity index (χ2n) is 6.41. The number of hydrogen-bond donors (Lipinski definition) is 2. The van der Waals surface area contributed by atoms with Crippen LogP contribution in [0.15, 0.2) is 35.7 Å². The van der Waals surface area contributed by atoms with E-state index in [-0.39, 0.29) is 23.4 Å². The van der Waals surface area contributed by atoms with E-state index < -0.39 is 10.0 Å². The summed E-state index contributed by atoms with van der Waals surface area (Å²) in [6, 6.07) is 5.75. The highest BCUT2D eigenvalue weighted by Crippen LogP contribution is 2.24. The summed E-state index contributed by atoms with van der Waals surface area (Å²) in [6.45, 7) is 4.59. The van der Waals surface area contributed by atoms with Gasteiger partial charge in [-0.2, -0.15) is 4.31 Å². The molecule has 0 radical (unpaired) electrons. The molecular weight excluding hydrogens is 340 g/mol. The van der Waals surface area contributed by atoms with Crippen LogP contribution < -0.4 is 5.32 Å². The molecule has 25 heavy (non-hydrogen) atoms. The number of aromatic amines is 1. The molecule has 1 saturated heterocycles. The molecule has 0 bridgehead atoms. The van der Waals surface area contributed by atoms with Gasteiger partial charge in [0.1, 0.15) is 0 Å². The van der Waals surface area contributed by atoms with Crippen molar-refractivity contribution in [2.45, 2.75) is 31.7 Å². The highest BCUT2D eigenvalue weighted by atomic mass is 32.2. The minimum Gasteiger partial charge on any atom is -0.335 e. The van der Waals surface area contributed by atoms with E-state index in [1.54, 1.807) is 0 Å². The molecule has 3 rings (SSSR count). The summed E-state index contributed by atoms with van der Waals surface area (Å²) >= 11 is 0. The van der Waals surface area contributed by atoms with E-state index in [4.69, 9.17) is 0 Å². The van der Waals surface area contributed by atoms with Crippen LogP contribution in [0.3, 0.4) is 0 Å². The molecule has 0 spiro atoms. The molecule has 1 aromatic heterocycles.